The van der Waals surface area contributed by atoms with Crippen LogP contribution < -0.4 is 5.73 Å². The van der Waals surface area contributed by atoms with Crippen LogP contribution in [-0.4, -0.2) is 0 Å². The standard InChI is InChI=1S/C14H21N/c1-11(2)14(15)10-6-5-8-12-7-3-4-9-13(12)14/h3-4,7,9,11H,5-6,8,10,15H2,1-2H3. The molecule has 1 unspecified atom stereocenters. The van der Waals surface area contributed by atoms with Crippen molar-refractivity contribution in [3.8, 4) is 0 Å². The van der Waals surface area contributed by atoms with Gasteiger partial charge in [0.2, 0.25) is 0 Å². The van der Waals surface area contributed by atoms with Gasteiger partial charge in [-0.25, -0.2) is 0 Å². The number of nitrogens with two attached hydrogens (primary N) is 1. The Kier molecular flexibility index (Phi) is 2.83. The van der Waals surface area contributed by atoms with E-state index in [1.165, 1.54) is 30.4 Å². The minimum absolute atomic E-state index is 0.104. The number of hydrogen-bond donors (Lipinski definition) is 1. The largest absolute Gasteiger partial charge is 0.321 e. The van der Waals surface area contributed by atoms with Crippen molar-refractivity contribution in [3.05, 3.63) is 35.4 Å². The van der Waals surface area contributed by atoms with E-state index in [1.54, 1.807) is 0 Å². The maximum atomic E-state index is 6.61. The van der Waals surface area contributed by atoms with Gasteiger partial charge >= 0.3 is 0 Å². The van der Waals surface area contributed by atoms with Gasteiger partial charge in [-0.05, 0) is 36.3 Å². The van der Waals surface area contributed by atoms with E-state index in [1.807, 2.05) is 0 Å². The molecule has 0 spiro atoms. The second-order valence-corrected chi connectivity index (χ2v) is 5.06. The SMILES string of the molecule is CC(C)C1(N)CCCCc2ccccc21. The Morgan fingerprint density at radius 2 is 1.93 bits per heavy atom. The van der Waals surface area contributed by atoms with Crippen LogP contribution >= 0.6 is 0 Å². The number of hydrogen-bond acceptors (Lipinski definition) is 1. The summed E-state index contributed by atoms with van der Waals surface area (Å²) in [6.45, 7) is 4.48. The fourth-order valence-corrected chi connectivity index (χ4v) is 2.66. The van der Waals surface area contributed by atoms with Crippen molar-refractivity contribution in [2.24, 2.45) is 11.7 Å². The van der Waals surface area contributed by atoms with Gasteiger partial charge in [0.25, 0.3) is 0 Å². The Balaban J connectivity index is 2.50. The van der Waals surface area contributed by atoms with Crippen LogP contribution in [0.1, 0.15) is 44.2 Å². The summed E-state index contributed by atoms with van der Waals surface area (Å²) in [5, 5.41) is 0. The predicted molar refractivity (Wildman–Crippen MR) is 64.7 cm³/mol. The van der Waals surface area contributed by atoms with Crippen molar-refractivity contribution in [1.29, 1.82) is 0 Å². The molecule has 0 aliphatic heterocycles. The summed E-state index contributed by atoms with van der Waals surface area (Å²) in [6, 6.07) is 8.71. The summed E-state index contributed by atoms with van der Waals surface area (Å²) in [6.07, 6.45) is 4.86. The predicted octanol–water partition coefficient (Wildman–Crippen LogP) is 3.22. The molecule has 15 heavy (non-hydrogen) atoms. The van der Waals surface area contributed by atoms with Crippen molar-refractivity contribution in [2.75, 3.05) is 0 Å². The summed E-state index contributed by atoms with van der Waals surface area (Å²) >= 11 is 0. The molecule has 0 fully saturated rings. The molecule has 1 heteroatoms. The summed E-state index contributed by atoms with van der Waals surface area (Å²) < 4.78 is 0. The molecule has 0 saturated carbocycles. The van der Waals surface area contributed by atoms with Crippen LogP contribution in [0.15, 0.2) is 24.3 Å². The molecule has 0 radical (unpaired) electrons. The van der Waals surface area contributed by atoms with Crippen LogP contribution in [0.25, 0.3) is 0 Å². The van der Waals surface area contributed by atoms with E-state index in [0.717, 1.165) is 6.42 Å². The number of benzene rings is 1. The van der Waals surface area contributed by atoms with Crippen LogP contribution in [0.4, 0.5) is 0 Å². The Labute approximate surface area is 92.7 Å². The Hall–Kier alpha value is -0.820. The lowest BCUT2D eigenvalue weighted by molar-refractivity contribution is 0.291. The highest BCUT2D eigenvalue weighted by atomic mass is 14.8. The molecule has 1 aliphatic carbocycles. The van der Waals surface area contributed by atoms with Crippen molar-refractivity contribution >= 4 is 0 Å². The fraction of sp³-hybridized carbons (Fsp3) is 0.571. The average molecular weight is 203 g/mol. The maximum absolute atomic E-state index is 6.61. The van der Waals surface area contributed by atoms with Crippen molar-refractivity contribution in [2.45, 2.75) is 45.1 Å². The van der Waals surface area contributed by atoms with Gasteiger partial charge in [-0.3, -0.25) is 0 Å². The van der Waals surface area contributed by atoms with E-state index in [-0.39, 0.29) is 5.54 Å². The van der Waals surface area contributed by atoms with Gasteiger partial charge in [0.15, 0.2) is 0 Å². The van der Waals surface area contributed by atoms with Gasteiger partial charge in [-0.1, -0.05) is 44.5 Å². The molecular formula is C14H21N. The first-order valence-corrected chi connectivity index (χ1v) is 6.02. The van der Waals surface area contributed by atoms with Crippen LogP contribution in [0.3, 0.4) is 0 Å². The molecule has 2 rings (SSSR count). The molecule has 0 amide bonds. The van der Waals surface area contributed by atoms with Gasteiger partial charge in [0.05, 0.1) is 0 Å². The number of rotatable bonds is 1. The Morgan fingerprint density at radius 1 is 1.20 bits per heavy atom. The van der Waals surface area contributed by atoms with Gasteiger partial charge in [0, 0.05) is 5.54 Å². The highest BCUT2D eigenvalue weighted by Gasteiger charge is 2.33. The van der Waals surface area contributed by atoms with E-state index in [0.29, 0.717) is 5.92 Å². The molecule has 0 heterocycles. The molecule has 0 bridgehead atoms. The molecule has 0 aromatic heterocycles. The smallest absolute Gasteiger partial charge is 0.0435 e. The molecule has 1 aliphatic rings. The zero-order chi connectivity index (χ0) is 10.9. The lowest BCUT2D eigenvalue weighted by Gasteiger charge is -2.34. The van der Waals surface area contributed by atoms with Gasteiger partial charge < -0.3 is 5.73 Å². The molecule has 0 saturated heterocycles. The zero-order valence-corrected chi connectivity index (χ0v) is 9.79. The average Bonchev–Trinajstić information content (AvgIpc) is 2.40. The summed E-state index contributed by atoms with van der Waals surface area (Å²) in [4.78, 5) is 0. The van der Waals surface area contributed by atoms with Crippen molar-refractivity contribution in [1.82, 2.24) is 0 Å². The first kappa shape index (κ1) is 10.7. The van der Waals surface area contributed by atoms with E-state index in [9.17, 15) is 0 Å². The zero-order valence-electron chi connectivity index (χ0n) is 9.79. The van der Waals surface area contributed by atoms with Gasteiger partial charge in [-0.2, -0.15) is 0 Å². The van der Waals surface area contributed by atoms with Gasteiger partial charge in [-0.15, -0.1) is 0 Å². The molecule has 2 N–H and O–H groups in total. The molecule has 1 aromatic carbocycles. The van der Waals surface area contributed by atoms with E-state index < -0.39 is 0 Å². The minimum Gasteiger partial charge on any atom is -0.321 e. The molecule has 82 valence electrons. The van der Waals surface area contributed by atoms with Crippen LogP contribution in [0.2, 0.25) is 0 Å². The van der Waals surface area contributed by atoms with E-state index in [4.69, 9.17) is 5.73 Å². The quantitative estimate of drug-likeness (QED) is 0.697. The first-order chi connectivity index (χ1) is 7.14. The van der Waals surface area contributed by atoms with Crippen molar-refractivity contribution in [3.63, 3.8) is 0 Å². The Morgan fingerprint density at radius 3 is 2.67 bits per heavy atom. The lowest BCUT2D eigenvalue weighted by atomic mass is 9.77. The highest BCUT2D eigenvalue weighted by Crippen LogP contribution is 2.37. The minimum atomic E-state index is -0.104. The normalized spacial score (nSPS) is 26.1. The third-order valence-corrected chi connectivity index (χ3v) is 3.84. The summed E-state index contributed by atoms with van der Waals surface area (Å²) in [5.74, 6) is 0.511. The molecular weight excluding hydrogens is 182 g/mol. The van der Waals surface area contributed by atoms with Crippen molar-refractivity contribution < 1.29 is 0 Å². The maximum Gasteiger partial charge on any atom is 0.0435 e. The second kappa shape index (κ2) is 3.97. The third-order valence-electron chi connectivity index (χ3n) is 3.84. The number of fused-ring (bicyclic) bond motifs is 1. The van der Waals surface area contributed by atoms with E-state index in [2.05, 4.69) is 38.1 Å². The topological polar surface area (TPSA) is 26.0 Å². The van der Waals surface area contributed by atoms with Gasteiger partial charge in [0.1, 0.15) is 0 Å². The fourth-order valence-electron chi connectivity index (χ4n) is 2.66. The van der Waals surface area contributed by atoms with Crippen LogP contribution in [0, 0.1) is 5.92 Å². The van der Waals surface area contributed by atoms with Crippen LogP contribution in [-0.2, 0) is 12.0 Å². The molecule has 1 nitrogen and oxygen atoms in total. The molecule has 1 aromatic rings. The van der Waals surface area contributed by atoms with E-state index >= 15 is 0 Å². The summed E-state index contributed by atoms with van der Waals surface area (Å²) in [5.41, 5.74) is 9.36. The highest BCUT2D eigenvalue weighted by molar-refractivity contribution is 5.35. The van der Waals surface area contributed by atoms with Crippen LogP contribution in [0.5, 0.6) is 0 Å². The number of aryl methyl sites for hydroxylation is 1. The summed E-state index contributed by atoms with van der Waals surface area (Å²) in [7, 11) is 0. The first-order valence-electron chi connectivity index (χ1n) is 6.02. The Bertz CT molecular complexity index is 343. The second-order valence-electron chi connectivity index (χ2n) is 5.06. The lowest BCUT2D eigenvalue weighted by Crippen LogP contribution is -2.42. The molecule has 1 atom stereocenters. The monoisotopic (exact) mass is 203 g/mol. The third kappa shape index (κ3) is 1.81.